The van der Waals surface area contributed by atoms with E-state index in [1.807, 2.05) is 0 Å². The van der Waals surface area contributed by atoms with E-state index in [4.69, 9.17) is 9.57 Å². The number of hydrogen-bond acceptors (Lipinski definition) is 10. The number of unbranched alkanes of at least 4 members (excludes halogenated alkanes) is 2. The number of hydroxylamine groups is 1. The summed E-state index contributed by atoms with van der Waals surface area (Å²) in [4.78, 5) is 36.1. The summed E-state index contributed by atoms with van der Waals surface area (Å²) in [5.74, 6) is 0.0238. The van der Waals surface area contributed by atoms with Gasteiger partial charge in [0.15, 0.2) is 0 Å². The maximum Gasteiger partial charge on any atom is 0.253 e. The standard InChI is InChI=1S/C26H39N5O6S.2H2/c32-25-23(24(26(25)33)29-21-9-12-27-13-10-21)28-11-5-2-6-20-38(34,35)31(22-7-3-1-4-8-22)37-19-16-30-14-17-36-18-15-30;;/h9-10,12-13,22,28H,1-8,11,14-20H2,(H,27,29);2*1H. The van der Waals surface area contributed by atoms with E-state index in [-0.39, 0.29) is 26.0 Å². The summed E-state index contributed by atoms with van der Waals surface area (Å²) in [5.41, 5.74) is 0.112. The fraction of sp³-hybridized carbons (Fsp3) is 0.654. The summed E-state index contributed by atoms with van der Waals surface area (Å²) in [6, 6.07) is 3.33. The van der Waals surface area contributed by atoms with Crippen molar-refractivity contribution < 1.29 is 20.8 Å². The molecule has 12 heteroatoms. The van der Waals surface area contributed by atoms with Crippen molar-refractivity contribution in [1.82, 2.24) is 14.4 Å². The predicted molar refractivity (Wildman–Crippen MR) is 151 cm³/mol. The van der Waals surface area contributed by atoms with Crippen molar-refractivity contribution in [2.45, 2.75) is 57.4 Å². The van der Waals surface area contributed by atoms with Crippen LogP contribution in [0.1, 0.15) is 54.2 Å². The summed E-state index contributed by atoms with van der Waals surface area (Å²) in [6.07, 6.45) is 9.86. The normalized spacial score (nSPS) is 17.7. The van der Waals surface area contributed by atoms with E-state index in [9.17, 15) is 18.0 Å². The second-order valence-corrected chi connectivity index (χ2v) is 11.8. The molecule has 1 aromatic carbocycles. The van der Waals surface area contributed by atoms with Crippen molar-refractivity contribution in [3.63, 3.8) is 0 Å². The molecular weight excluding hydrogens is 510 g/mol. The molecule has 4 rings (SSSR count). The van der Waals surface area contributed by atoms with Crippen LogP contribution in [-0.4, -0.2) is 80.6 Å². The molecule has 0 spiro atoms. The molecule has 214 valence electrons. The highest BCUT2D eigenvalue weighted by Gasteiger charge is 2.32. The molecule has 1 saturated carbocycles. The Morgan fingerprint density at radius 3 is 2.47 bits per heavy atom. The van der Waals surface area contributed by atoms with Crippen LogP contribution in [0.15, 0.2) is 34.1 Å². The lowest BCUT2D eigenvalue weighted by molar-refractivity contribution is -0.126. The van der Waals surface area contributed by atoms with Crippen molar-refractivity contribution in [2.24, 2.45) is 0 Å². The Bertz CT molecular complexity index is 1180. The summed E-state index contributed by atoms with van der Waals surface area (Å²) in [7, 11) is -3.56. The van der Waals surface area contributed by atoms with Gasteiger partial charge in [-0.15, -0.1) is 0 Å². The van der Waals surface area contributed by atoms with Gasteiger partial charge in [-0.05, 0) is 37.8 Å². The highest BCUT2D eigenvalue weighted by molar-refractivity contribution is 7.88. The van der Waals surface area contributed by atoms with Gasteiger partial charge in [-0.25, -0.2) is 8.42 Å². The molecule has 1 aliphatic heterocycles. The van der Waals surface area contributed by atoms with Crippen LogP contribution in [0.2, 0.25) is 0 Å². The first kappa shape index (κ1) is 28.6. The first-order chi connectivity index (χ1) is 18.5. The monoisotopic (exact) mass is 553 g/mol. The SMILES string of the molecule is O=c1c(NCCCCCS(=O)(=O)N(OCCN2CCOCC2)C2CCCCC2)c(Nc2ccncc2)c1=O.[HH].[HH]. The molecule has 0 atom stereocenters. The van der Waals surface area contributed by atoms with Crippen LogP contribution in [0.25, 0.3) is 0 Å². The van der Waals surface area contributed by atoms with Crippen LogP contribution in [0.5, 0.6) is 0 Å². The number of sulfonamides is 1. The molecule has 2 N–H and O–H groups in total. The van der Waals surface area contributed by atoms with Crippen LogP contribution in [0.3, 0.4) is 0 Å². The smallest absolute Gasteiger partial charge is 0.253 e. The van der Waals surface area contributed by atoms with E-state index in [0.29, 0.717) is 57.9 Å². The summed E-state index contributed by atoms with van der Waals surface area (Å²) >= 11 is 0. The first-order valence-electron chi connectivity index (χ1n) is 13.6. The number of pyridine rings is 1. The molecule has 0 radical (unpaired) electrons. The van der Waals surface area contributed by atoms with Crippen LogP contribution >= 0.6 is 0 Å². The highest BCUT2D eigenvalue weighted by atomic mass is 32.2. The number of nitrogens with zero attached hydrogens (tertiary/aromatic N) is 3. The first-order valence-corrected chi connectivity index (χ1v) is 15.3. The highest BCUT2D eigenvalue weighted by Crippen LogP contribution is 2.26. The van der Waals surface area contributed by atoms with Crippen LogP contribution < -0.4 is 21.5 Å². The van der Waals surface area contributed by atoms with E-state index in [1.54, 1.807) is 24.5 Å². The zero-order valence-corrected chi connectivity index (χ0v) is 22.7. The van der Waals surface area contributed by atoms with Crippen molar-refractivity contribution in [1.29, 1.82) is 0 Å². The van der Waals surface area contributed by atoms with Gasteiger partial charge >= 0.3 is 0 Å². The molecule has 2 fully saturated rings. The van der Waals surface area contributed by atoms with E-state index >= 15 is 0 Å². The molecule has 2 heterocycles. The van der Waals surface area contributed by atoms with E-state index in [0.717, 1.165) is 45.2 Å². The fourth-order valence-electron chi connectivity index (χ4n) is 4.94. The zero-order chi connectivity index (χ0) is 26.8. The van der Waals surface area contributed by atoms with E-state index < -0.39 is 20.9 Å². The fourth-order valence-corrected chi connectivity index (χ4v) is 6.59. The molecular formula is C26H43N5O6S. The lowest BCUT2D eigenvalue weighted by atomic mass is 9.96. The Morgan fingerprint density at radius 1 is 1.03 bits per heavy atom. The lowest BCUT2D eigenvalue weighted by Crippen LogP contribution is -2.45. The molecule has 2 aliphatic rings. The average Bonchev–Trinajstić information content (AvgIpc) is 2.95. The minimum Gasteiger partial charge on any atom is -0.380 e. The minimum atomic E-state index is -3.56. The maximum absolute atomic E-state index is 13.3. The number of rotatable bonds is 15. The Labute approximate surface area is 227 Å². The van der Waals surface area contributed by atoms with Gasteiger partial charge in [-0.2, -0.15) is 0 Å². The van der Waals surface area contributed by atoms with Gasteiger partial charge in [-0.3, -0.25) is 24.3 Å². The lowest BCUT2D eigenvalue weighted by Gasteiger charge is -2.33. The zero-order valence-electron chi connectivity index (χ0n) is 21.9. The van der Waals surface area contributed by atoms with Gasteiger partial charge in [0.25, 0.3) is 10.9 Å². The Morgan fingerprint density at radius 2 is 1.74 bits per heavy atom. The number of aromatic nitrogens is 1. The Balaban J connectivity index is 0.00000280. The molecule has 38 heavy (non-hydrogen) atoms. The largest absolute Gasteiger partial charge is 0.380 e. The van der Waals surface area contributed by atoms with Crippen LogP contribution in [0, 0.1) is 0 Å². The molecule has 2 aromatic rings. The third-order valence-electron chi connectivity index (χ3n) is 7.12. The molecule has 0 unspecified atom stereocenters. The van der Waals surface area contributed by atoms with Gasteiger partial charge in [0.05, 0.1) is 31.6 Å². The second-order valence-electron chi connectivity index (χ2n) is 9.91. The number of nitrogens with one attached hydrogen (secondary N) is 2. The second kappa shape index (κ2) is 14.1. The van der Waals surface area contributed by atoms with Crippen molar-refractivity contribution in [2.75, 3.05) is 62.4 Å². The minimum absolute atomic E-state index is 0. The number of ether oxygens (including phenoxy) is 1. The van der Waals surface area contributed by atoms with Gasteiger partial charge in [0, 0.05) is 47.1 Å². The third-order valence-corrected chi connectivity index (χ3v) is 8.87. The van der Waals surface area contributed by atoms with Crippen LogP contribution in [0.4, 0.5) is 17.1 Å². The molecule has 0 amide bonds. The average molecular weight is 554 g/mol. The van der Waals surface area contributed by atoms with Gasteiger partial charge in [-0.1, -0.05) is 30.2 Å². The molecule has 1 aliphatic carbocycles. The summed E-state index contributed by atoms with van der Waals surface area (Å²) in [6.45, 7) is 4.57. The summed E-state index contributed by atoms with van der Waals surface area (Å²) < 4.78 is 33.2. The Kier molecular flexibility index (Phi) is 10.6. The quantitative estimate of drug-likeness (QED) is 0.193. The topological polar surface area (TPSA) is 130 Å². The number of anilines is 3. The predicted octanol–water partition coefficient (Wildman–Crippen LogP) is 2.72. The molecule has 11 nitrogen and oxygen atoms in total. The van der Waals surface area contributed by atoms with Gasteiger partial charge in [0.2, 0.25) is 10.0 Å². The van der Waals surface area contributed by atoms with Crippen molar-refractivity contribution >= 4 is 27.1 Å². The molecule has 0 bridgehead atoms. The van der Waals surface area contributed by atoms with Gasteiger partial charge < -0.3 is 15.4 Å². The maximum atomic E-state index is 13.3. The number of hydrogen-bond donors (Lipinski definition) is 2. The number of morpholine rings is 1. The third kappa shape index (κ3) is 7.82. The molecule has 1 aromatic heterocycles. The van der Waals surface area contributed by atoms with E-state index in [2.05, 4.69) is 20.5 Å². The van der Waals surface area contributed by atoms with Crippen LogP contribution in [-0.2, 0) is 19.6 Å². The van der Waals surface area contributed by atoms with Crippen molar-refractivity contribution in [3.8, 4) is 0 Å². The van der Waals surface area contributed by atoms with E-state index in [1.165, 1.54) is 4.47 Å². The van der Waals surface area contributed by atoms with Crippen molar-refractivity contribution in [3.05, 3.63) is 45.0 Å². The van der Waals surface area contributed by atoms with Gasteiger partial charge in [0.1, 0.15) is 11.4 Å². The Hall–Kier alpha value is -2.38. The summed E-state index contributed by atoms with van der Waals surface area (Å²) in [5, 5.41) is 5.99. The molecule has 1 saturated heterocycles.